The number of nitrogens with zero attached hydrogens (tertiary/aromatic N) is 2. The third-order valence-electron chi connectivity index (χ3n) is 1.98. The maximum Gasteiger partial charge on any atom is 0.347 e. The Kier molecular flexibility index (Phi) is 3.08. The van der Waals surface area contributed by atoms with Crippen LogP contribution in [-0.2, 0) is 0 Å². The van der Waals surface area contributed by atoms with E-state index in [1.54, 1.807) is 24.3 Å². The number of rotatable bonds is 2. The molecule has 5 nitrogen and oxygen atoms in total. The Morgan fingerprint density at radius 2 is 2.06 bits per heavy atom. The number of benzene rings is 1. The van der Waals surface area contributed by atoms with Gasteiger partial charge in [0.05, 0.1) is 0 Å². The van der Waals surface area contributed by atoms with Crippen molar-refractivity contribution in [2.24, 2.45) is 0 Å². The van der Waals surface area contributed by atoms with Crippen molar-refractivity contribution in [3.8, 4) is 6.07 Å². The lowest BCUT2D eigenvalue weighted by atomic mass is 10.3. The van der Waals surface area contributed by atoms with Crippen LogP contribution in [0.2, 0.25) is 5.02 Å². The summed E-state index contributed by atoms with van der Waals surface area (Å²) in [5, 5.41) is 12.2. The maximum absolute atomic E-state index is 11.1. The molecule has 2 aromatic rings. The van der Waals surface area contributed by atoms with Crippen molar-refractivity contribution in [2.75, 3.05) is 5.32 Å². The zero-order chi connectivity index (χ0) is 12.3. The number of aromatic amines is 1. The van der Waals surface area contributed by atoms with Gasteiger partial charge in [-0.25, -0.2) is 4.79 Å². The number of halogens is 1. The molecule has 0 radical (unpaired) electrons. The summed E-state index contributed by atoms with van der Waals surface area (Å²) in [7, 11) is 0. The van der Waals surface area contributed by atoms with Crippen molar-refractivity contribution in [3.05, 3.63) is 51.5 Å². The highest BCUT2D eigenvalue weighted by Gasteiger charge is 2.00. The second kappa shape index (κ2) is 4.68. The Bertz CT molecular complexity index is 627. The predicted molar refractivity (Wildman–Crippen MR) is 64.3 cm³/mol. The van der Waals surface area contributed by atoms with Crippen LogP contribution >= 0.6 is 11.6 Å². The lowest BCUT2D eigenvalue weighted by Crippen LogP contribution is -2.13. The molecule has 0 aliphatic heterocycles. The van der Waals surface area contributed by atoms with Crippen LogP contribution in [0.4, 0.5) is 11.5 Å². The van der Waals surface area contributed by atoms with E-state index in [1.807, 2.05) is 6.07 Å². The lowest BCUT2D eigenvalue weighted by Gasteiger charge is -2.04. The first-order valence-corrected chi connectivity index (χ1v) is 5.09. The van der Waals surface area contributed by atoms with Crippen LogP contribution < -0.4 is 11.0 Å². The molecule has 0 aliphatic carbocycles. The van der Waals surface area contributed by atoms with Crippen LogP contribution in [0, 0.1) is 11.3 Å². The first kappa shape index (κ1) is 11.2. The molecule has 0 saturated heterocycles. The SMILES string of the molecule is N#Cc1cc(Nc2ccc(Cl)cc2)nc(=O)[nH]1. The van der Waals surface area contributed by atoms with Gasteiger partial charge in [-0.1, -0.05) is 11.6 Å². The highest BCUT2D eigenvalue weighted by atomic mass is 35.5. The van der Waals surface area contributed by atoms with E-state index in [-0.39, 0.29) is 5.69 Å². The standard InChI is InChI=1S/C11H7ClN4O/c12-7-1-3-8(4-2-7)14-10-5-9(6-13)15-11(17)16-10/h1-5H,(H2,14,15,16,17). The average molecular weight is 247 g/mol. The Hall–Kier alpha value is -2.32. The van der Waals surface area contributed by atoms with Gasteiger partial charge in [0.25, 0.3) is 0 Å². The Morgan fingerprint density at radius 1 is 1.35 bits per heavy atom. The molecule has 6 heteroatoms. The van der Waals surface area contributed by atoms with E-state index in [4.69, 9.17) is 16.9 Å². The largest absolute Gasteiger partial charge is 0.347 e. The summed E-state index contributed by atoms with van der Waals surface area (Å²) in [5.41, 5.74) is 0.318. The summed E-state index contributed by atoms with van der Waals surface area (Å²) in [6.07, 6.45) is 0. The fraction of sp³-hybridized carbons (Fsp3) is 0. The number of hydrogen-bond donors (Lipinski definition) is 2. The second-order valence-corrected chi connectivity index (χ2v) is 3.67. The Labute approximate surface area is 102 Å². The topological polar surface area (TPSA) is 81.6 Å². The first-order chi connectivity index (χ1) is 8.17. The summed E-state index contributed by atoms with van der Waals surface area (Å²) in [6, 6.07) is 10.2. The predicted octanol–water partition coefficient (Wildman–Crippen LogP) is 2.04. The molecule has 0 amide bonds. The molecule has 1 aromatic heterocycles. The zero-order valence-corrected chi connectivity index (χ0v) is 9.32. The van der Waals surface area contributed by atoms with Crippen molar-refractivity contribution in [3.63, 3.8) is 0 Å². The molecule has 0 atom stereocenters. The monoisotopic (exact) mass is 246 g/mol. The van der Waals surface area contributed by atoms with Gasteiger partial charge in [0.15, 0.2) is 0 Å². The molecule has 17 heavy (non-hydrogen) atoms. The molecule has 2 N–H and O–H groups in total. The van der Waals surface area contributed by atoms with E-state index in [1.165, 1.54) is 6.07 Å². The molecule has 0 spiro atoms. The zero-order valence-electron chi connectivity index (χ0n) is 8.57. The van der Waals surface area contributed by atoms with Gasteiger partial charge in [0, 0.05) is 16.8 Å². The summed E-state index contributed by atoms with van der Waals surface area (Å²) < 4.78 is 0. The highest BCUT2D eigenvalue weighted by Crippen LogP contribution is 2.16. The van der Waals surface area contributed by atoms with E-state index >= 15 is 0 Å². The number of hydrogen-bond acceptors (Lipinski definition) is 4. The third-order valence-corrected chi connectivity index (χ3v) is 2.23. The van der Waals surface area contributed by atoms with Crippen LogP contribution in [0.15, 0.2) is 35.1 Å². The Morgan fingerprint density at radius 3 is 2.71 bits per heavy atom. The van der Waals surface area contributed by atoms with Gasteiger partial charge in [0.2, 0.25) is 0 Å². The van der Waals surface area contributed by atoms with Gasteiger partial charge in [0.1, 0.15) is 17.6 Å². The third kappa shape index (κ3) is 2.83. The molecule has 1 aromatic carbocycles. The maximum atomic E-state index is 11.1. The van der Waals surface area contributed by atoms with Crippen LogP contribution in [-0.4, -0.2) is 9.97 Å². The summed E-state index contributed by atoms with van der Waals surface area (Å²) in [5.74, 6) is 0.313. The van der Waals surface area contributed by atoms with Gasteiger partial charge < -0.3 is 5.32 Å². The summed E-state index contributed by atoms with van der Waals surface area (Å²) in [6.45, 7) is 0. The molecule has 0 fully saturated rings. The number of H-pyrrole nitrogens is 1. The van der Waals surface area contributed by atoms with Gasteiger partial charge >= 0.3 is 5.69 Å². The average Bonchev–Trinajstić information content (AvgIpc) is 2.31. The quantitative estimate of drug-likeness (QED) is 0.850. The van der Waals surface area contributed by atoms with Crippen molar-refractivity contribution < 1.29 is 0 Å². The molecule has 0 bridgehead atoms. The van der Waals surface area contributed by atoms with Crippen molar-refractivity contribution in [1.82, 2.24) is 9.97 Å². The molecule has 1 heterocycles. The summed E-state index contributed by atoms with van der Waals surface area (Å²) >= 11 is 5.75. The minimum absolute atomic E-state index is 0.154. The van der Waals surface area contributed by atoms with Crippen LogP contribution in [0.1, 0.15) is 5.69 Å². The van der Waals surface area contributed by atoms with E-state index < -0.39 is 5.69 Å². The van der Waals surface area contributed by atoms with Gasteiger partial charge in [-0.05, 0) is 24.3 Å². The van der Waals surface area contributed by atoms with Crippen LogP contribution in [0.3, 0.4) is 0 Å². The molecular formula is C11H7ClN4O. The molecule has 0 saturated carbocycles. The summed E-state index contributed by atoms with van der Waals surface area (Å²) in [4.78, 5) is 17.1. The minimum atomic E-state index is -0.569. The minimum Gasteiger partial charge on any atom is -0.340 e. The number of nitrogens with one attached hydrogen (secondary N) is 2. The first-order valence-electron chi connectivity index (χ1n) is 4.71. The van der Waals surface area contributed by atoms with E-state index in [2.05, 4.69) is 15.3 Å². The number of anilines is 2. The lowest BCUT2D eigenvalue weighted by molar-refractivity contribution is 1.06. The fourth-order valence-electron chi connectivity index (χ4n) is 1.26. The van der Waals surface area contributed by atoms with Gasteiger partial charge in [-0.15, -0.1) is 0 Å². The molecule has 2 rings (SSSR count). The van der Waals surface area contributed by atoms with Crippen molar-refractivity contribution in [2.45, 2.75) is 0 Å². The van der Waals surface area contributed by atoms with E-state index in [0.29, 0.717) is 10.8 Å². The van der Waals surface area contributed by atoms with E-state index in [9.17, 15) is 4.79 Å². The van der Waals surface area contributed by atoms with Gasteiger partial charge in [-0.2, -0.15) is 10.2 Å². The second-order valence-electron chi connectivity index (χ2n) is 3.23. The number of nitriles is 1. The molecule has 84 valence electrons. The highest BCUT2D eigenvalue weighted by molar-refractivity contribution is 6.30. The molecule has 0 unspecified atom stereocenters. The van der Waals surface area contributed by atoms with E-state index in [0.717, 1.165) is 5.69 Å². The van der Waals surface area contributed by atoms with Crippen LogP contribution in [0.25, 0.3) is 0 Å². The molecular weight excluding hydrogens is 240 g/mol. The van der Waals surface area contributed by atoms with Crippen LogP contribution in [0.5, 0.6) is 0 Å². The van der Waals surface area contributed by atoms with Crippen molar-refractivity contribution in [1.29, 1.82) is 5.26 Å². The smallest absolute Gasteiger partial charge is 0.340 e. The Balaban J connectivity index is 2.30. The van der Waals surface area contributed by atoms with Crippen molar-refractivity contribution >= 4 is 23.1 Å². The molecule has 0 aliphatic rings. The van der Waals surface area contributed by atoms with Gasteiger partial charge in [-0.3, -0.25) is 4.98 Å². The normalized spacial score (nSPS) is 9.65. The fourth-order valence-corrected chi connectivity index (χ4v) is 1.39. The number of aromatic nitrogens is 2.